The first kappa shape index (κ1) is 19.3. The lowest BCUT2D eigenvalue weighted by Gasteiger charge is -2.18. The zero-order valence-corrected chi connectivity index (χ0v) is 14.7. The van der Waals surface area contributed by atoms with Crippen LogP contribution in [0.15, 0.2) is 24.8 Å². The van der Waals surface area contributed by atoms with E-state index in [1.165, 1.54) is 0 Å². The molecule has 1 rings (SSSR count). The van der Waals surface area contributed by atoms with Crippen molar-refractivity contribution in [3.63, 3.8) is 0 Å². The minimum Gasteiger partial charge on any atom is -0.492 e. The molecule has 0 radical (unpaired) electrons. The van der Waals surface area contributed by atoms with Gasteiger partial charge in [0.2, 0.25) is 0 Å². The number of hydrogen-bond donors (Lipinski definition) is 2. The molecule has 0 heterocycles. The lowest BCUT2D eigenvalue weighted by Crippen LogP contribution is -2.35. The third-order valence-electron chi connectivity index (χ3n) is 3.53. The number of carbonyl (C=O) groups is 1. The fraction of sp³-hybridized carbons (Fsp3) is 0.471. The second kappa shape index (κ2) is 10.1. The number of halogens is 1. The van der Waals surface area contributed by atoms with Crippen molar-refractivity contribution in [1.82, 2.24) is 10.2 Å². The van der Waals surface area contributed by atoms with Crippen LogP contribution in [0.3, 0.4) is 0 Å². The largest absolute Gasteiger partial charge is 0.492 e. The summed E-state index contributed by atoms with van der Waals surface area (Å²) in [7, 11) is 0. The van der Waals surface area contributed by atoms with E-state index in [9.17, 15) is 4.79 Å². The number of amides is 1. The highest BCUT2D eigenvalue weighted by Crippen LogP contribution is 2.29. The van der Waals surface area contributed by atoms with Crippen LogP contribution >= 0.6 is 11.6 Å². The number of anilines is 1. The minimum absolute atomic E-state index is 0.215. The molecule has 0 spiro atoms. The SMILES string of the molecule is C=CCCOc1cc(N)c(Cl)cc1C(=O)NCCN(CC)CC. The molecule has 6 heteroatoms. The van der Waals surface area contributed by atoms with Crippen molar-refractivity contribution < 1.29 is 9.53 Å². The summed E-state index contributed by atoms with van der Waals surface area (Å²) in [5, 5.41) is 3.24. The molecule has 0 bridgehead atoms. The quantitative estimate of drug-likeness (QED) is 0.391. The third-order valence-corrected chi connectivity index (χ3v) is 3.86. The summed E-state index contributed by atoms with van der Waals surface area (Å²) in [5.41, 5.74) is 6.58. The average Bonchev–Trinajstić information content (AvgIpc) is 2.54. The van der Waals surface area contributed by atoms with Gasteiger partial charge in [0.1, 0.15) is 5.75 Å². The van der Waals surface area contributed by atoms with E-state index < -0.39 is 0 Å². The molecule has 1 aromatic rings. The second-order valence-electron chi connectivity index (χ2n) is 5.08. The predicted molar refractivity (Wildman–Crippen MR) is 96.3 cm³/mol. The highest BCUT2D eigenvalue weighted by Gasteiger charge is 2.15. The summed E-state index contributed by atoms with van der Waals surface area (Å²) in [6.45, 7) is 11.5. The lowest BCUT2D eigenvalue weighted by atomic mass is 10.1. The van der Waals surface area contributed by atoms with Gasteiger partial charge in [-0.15, -0.1) is 6.58 Å². The summed E-state index contributed by atoms with van der Waals surface area (Å²) in [6, 6.07) is 3.14. The van der Waals surface area contributed by atoms with Gasteiger partial charge in [0, 0.05) is 19.2 Å². The molecule has 0 saturated carbocycles. The Labute approximate surface area is 143 Å². The molecule has 0 atom stereocenters. The van der Waals surface area contributed by atoms with Gasteiger partial charge in [-0.25, -0.2) is 0 Å². The Morgan fingerprint density at radius 2 is 2.13 bits per heavy atom. The number of hydrogen-bond acceptors (Lipinski definition) is 4. The van der Waals surface area contributed by atoms with Gasteiger partial charge in [0.05, 0.1) is 22.9 Å². The molecular formula is C17H26ClN3O2. The molecule has 3 N–H and O–H groups in total. The summed E-state index contributed by atoms with van der Waals surface area (Å²) in [6.07, 6.45) is 2.44. The van der Waals surface area contributed by atoms with Crippen LogP contribution in [0.25, 0.3) is 0 Å². The highest BCUT2D eigenvalue weighted by molar-refractivity contribution is 6.33. The van der Waals surface area contributed by atoms with Gasteiger partial charge in [0.15, 0.2) is 0 Å². The number of carbonyl (C=O) groups excluding carboxylic acids is 1. The number of rotatable bonds is 10. The maximum absolute atomic E-state index is 12.4. The topological polar surface area (TPSA) is 67.6 Å². The molecule has 0 aliphatic heterocycles. The fourth-order valence-electron chi connectivity index (χ4n) is 2.08. The van der Waals surface area contributed by atoms with Crippen molar-refractivity contribution in [1.29, 1.82) is 0 Å². The number of ether oxygens (including phenoxy) is 1. The van der Waals surface area contributed by atoms with Crippen molar-refractivity contribution in [2.45, 2.75) is 20.3 Å². The van der Waals surface area contributed by atoms with Gasteiger partial charge in [-0.2, -0.15) is 0 Å². The summed E-state index contributed by atoms with van der Waals surface area (Å²) < 4.78 is 5.62. The summed E-state index contributed by atoms with van der Waals surface area (Å²) in [4.78, 5) is 14.6. The number of nitrogen functional groups attached to an aromatic ring is 1. The molecule has 1 amide bonds. The fourth-order valence-corrected chi connectivity index (χ4v) is 2.24. The first-order valence-corrected chi connectivity index (χ1v) is 8.24. The minimum atomic E-state index is -0.215. The highest BCUT2D eigenvalue weighted by atomic mass is 35.5. The molecule has 0 fully saturated rings. The van der Waals surface area contributed by atoms with Gasteiger partial charge < -0.3 is 20.7 Å². The Bertz CT molecular complexity index is 531. The van der Waals surface area contributed by atoms with Crippen LogP contribution in [0.4, 0.5) is 5.69 Å². The smallest absolute Gasteiger partial charge is 0.255 e. The first-order valence-electron chi connectivity index (χ1n) is 7.86. The van der Waals surface area contributed by atoms with Crippen molar-refractivity contribution >= 4 is 23.2 Å². The van der Waals surface area contributed by atoms with Crippen LogP contribution in [-0.2, 0) is 0 Å². The van der Waals surface area contributed by atoms with Crippen molar-refractivity contribution in [3.8, 4) is 5.75 Å². The van der Waals surface area contributed by atoms with Gasteiger partial charge >= 0.3 is 0 Å². The van der Waals surface area contributed by atoms with Gasteiger partial charge in [-0.1, -0.05) is 31.5 Å². The van der Waals surface area contributed by atoms with Crippen LogP contribution in [0.2, 0.25) is 5.02 Å². The van der Waals surface area contributed by atoms with E-state index in [-0.39, 0.29) is 5.91 Å². The standard InChI is InChI=1S/C17H26ClN3O2/c1-4-7-10-23-16-12-15(19)14(18)11-13(16)17(22)20-8-9-21(5-2)6-3/h4,11-12H,1,5-10,19H2,2-3H3,(H,20,22). The van der Waals surface area contributed by atoms with E-state index in [0.29, 0.717) is 41.6 Å². The summed E-state index contributed by atoms with van der Waals surface area (Å²) >= 11 is 6.04. The molecule has 128 valence electrons. The maximum Gasteiger partial charge on any atom is 0.255 e. The number of likely N-dealkylation sites (N-methyl/N-ethyl adjacent to an activating group) is 1. The number of nitrogens with two attached hydrogens (primary N) is 1. The Hall–Kier alpha value is -1.72. The number of nitrogens with zero attached hydrogens (tertiary/aromatic N) is 1. The molecule has 0 aliphatic rings. The van der Waals surface area contributed by atoms with Crippen molar-refractivity contribution in [3.05, 3.63) is 35.4 Å². The van der Waals surface area contributed by atoms with E-state index in [1.54, 1.807) is 18.2 Å². The monoisotopic (exact) mass is 339 g/mol. The third kappa shape index (κ3) is 6.12. The average molecular weight is 340 g/mol. The normalized spacial score (nSPS) is 10.6. The Morgan fingerprint density at radius 3 is 2.74 bits per heavy atom. The van der Waals surface area contributed by atoms with E-state index in [0.717, 1.165) is 19.6 Å². The molecule has 1 aromatic carbocycles. The van der Waals surface area contributed by atoms with E-state index >= 15 is 0 Å². The molecule has 0 saturated heterocycles. The predicted octanol–water partition coefficient (Wildman–Crippen LogP) is 2.95. The zero-order chi connectivity index (χ0) is 17.2. The number of nitrogens with one attached hydrogen (secondary N) is 1. The second-order valence-corrected chi connectivity index (χ2v) is 5.49. The zero-order valence-electron chi connectivity index (χ0n) is 13.9. The van der Waals surface area contributed by atoms with Crippen molar-refractivity contribution in [2.24, 2.45) is 0 Å². The first-order chi connectivity index (χ1) is 11.0. The Kier molecular flexibility index (Phi) is 8.51. The Morgan fingerprint density at radius 1 is 1.43 bits per heavy atom. The van der Waals surface area contributed by atoms with Crippen LogP contribution in [-0.4, -0.2) is 43.6 Å². The number of benzene rings is 1. The van der Waals surface area contributed by atoms with E-state index in [2.05, 4.69) is 30.6 Å². The molecule has 0 aromatic heterocycles. The molecule has 23 heavy (non-hydrogen) atoms. The van der Waals surface area contributed by atoms with E-state index in [4.69, 9.17) is 22.1 Å². The van der Waals surface area contributed by atoms with Crippen molar-refractivity contribution in [2.75, 3.05) is 38.5 Å². The summed E-state index contributed by atoms with van der Waals surface area (Å²) in [5.74, 6) is 0.224. The van der Waals surface area contributed by atoms with Gasteiger partial charge in [-0.05, 0) is 25.6 Å². The lowest BCUT2D eigenvalue weighted by molar-refractivity contribution is 0.0945. The van der Waals surface area contributed by atoms with Crippen LogP contribution in [0.5, 0.6) is 5.75 Å². The van der Waals surface area contributed by atoms with Crippen LogP contribution in [0.1, 0.15) is 30.6 Å². The molecule has 0 unspecified atom stereocenters. The molecular weight excluding hydrogens is 314 g/mol. The van der Waals surface area contributed by atoms with Crippen LogP contribution in [0, 0.1) is 0 Å². The Balaban J connectivity index is 2.76. The molecule has 5 nitrogen and oxygen atoms in total. The van der Waals surface area contributed by atoms with Gasteiger partial charge in [0.25, 0.3) is 5.91 Å². The van der Waals surface area contributed by atoms with Crippen LogP contribution < -0.4 is 15.8 Å². The van der Waals surface area contributed by atoms with E-state index in [1.807, 2.05) is 0 Å². The van der Waals surface area contributed by atoms with Gasteiger partial charge in [-0.3, -0.25) is 4.79 Å². The molecule has 0 aliphatic carbocycles. The maximum atomic E-state index is 12.4.